The largest absolute Gasteiger partial charge is 0.491 e. The molecule has 0 radical (unpaired) electrons. The topological polar surface area (TPSA) is 53.7 Å². The first-order valence-electron chi connectivity index (χ1n) is 7.39. The molecule has 112 valence electrons. The average Bonchev–Trinajstić information content (AvgIpc) is 2.47. The maximum atomic E-state index is 6.15. The molecule has 0 fully saturated rings. The molecule has 0 heterocycles. The zero-order chi connectivity index (χ0) is 14.2. The van der Waals surface area contributed by atoms with E-state index in [0.29, 0.717) is 13.2 Å². The Morgan fingerprint density at radius 1 is 1.20 bits per heavy atom. The smallest absolute Gasteiger partial charge is 0.122 e. The molecule has 0 spiro atoms. The van der Waals surface area contributed by atoms with Gasteiger partial charge in [0, 0.05) is 26.4 Å². The first-order valence-corrected chi connectivity index (χ1v) is 7.39. The number of ether oxygens (including phenoxy) is 3. The lowest BCUT2D eigenvalue weighted by molar-refractivity contribution is 0.0803. The summed E-state index contributed by atoms with van der Waals surface area (Å²) in [4.78, 5) is 0. The summed E-state index contributed by atoms with van der Waals surface area (Å²) in [6, 6.07) is 6.33. The van der Waals surface area contributed by atoms with Crippen LogP contribution in [-0.4, -0.2) is 33.5 Å². The van der Waals surface area contributed by atoms with E-state index < -0.39 is 0 Å². The SMILES string of the molecule is COCCCOCCOc1cccc2c1CCCC2N. The van der Waals surface area contributed by atoms with E-state index >= 15 is 0 Å². The summed E-state index contributed by atoms with van der Waals surface area (Å²) in [6.07, 6.45) is 4.20. The Balaban J connectivity index is 1.77. The molecule has 0 bridgehead atoms. The Morgan fingerprint density at radius 2 is 2.10 bits per heavy atom. The van der Waals surface area contributed by atoms with Crippen LogP contribution in [0.5, 0.6) is 5.75 Å². The number of hydrogen-bond donors (Lipinski definition) is 1. The first-order chi connectivity index (χ1) is 9.83. The van der Waals surface area contributed by atoms with Crippen molar-refractivity contribution < 1.29 is 14.2 Å². The molecule has 1 aromatic rings. The van der Waals surface area contributed by atoms with Gasteiger partial charge in [-0.3, -0.25) is 0 Å². The van der Waals surface area contributed by atoms with E-state index in [9.17, 15) is 0 Å². The van der Waals surface area contributed by atoms with Crippen LogP contribution < -0.4 is 10.5 Å². The van der Waals surface area contributed by atoms with Gasteiger partial charge in [-0.05, 0) is 42.9 Å². The average molecular weight is 279 g/mol. The van der Waals surface area contributed by atoms with E-state index in [4.69, 9.17) is 19.9 Å². The van der Waals surface area contributed by atoms with Crippen molar-refractivity contribution in [3.8, 4) is 5.75 Å². The van der Waals surface area contributed by atoms with Gasteiger partial charge in [0.05, 0.1) is 6.61 Å². The van der Waals surface area contributed by atoms with Crippen LogP contribution >= 0.6 is 0 Å². The maximum Gasteiger partial charge on any atom is 0.122 e. The van der Waals surface area contributed by atoms with Crippen molar-refractivity contribution in [3.05, 3.63) is 29.3 Å². The third-order valence-electron chi connectivity index (χ3n) is 3.63. The summed E-state index contributed by atoms with van der Waals surface area (Å²) in [5, 5.41) is 0. The highest BCUT2D eigenvalue weighted by Crippen LogP contribution is 2.33. The van der Waals surface area contributed by atoms with Gasteiger partial charge in [-0.25, -0.2) is 0 Å². The molecule has 4 heteroatoms. The predicted octanol–water partition coefficient (Wildman–Crippen LogP) is 2.45. The summed E-state index contributed by atoms with van der Waals surface area (Å²) in [7, 11) is 1.70. The molecular formula is C16H25NO3. The van der Waals surface area contributed by atoms with Crippen molar-refractivity contribution in [1.82, 2.24) is 0 Å². The molecule has 1 aromatic carbocycles. The van der Waals surface area contributed by atoms with Crippen molar-refractivity contribution in [2.75, 3.05) is 33.5 Å². The highest BCUT2D eigenvalue weighted by atomic mass is 16.5. The fourth-order valence-corrected chi connectivity index (χ4v) is 2.60. The van der Waals surface area contributed by atoms with E-state index in [0.717, 1.165) is 44.6 Å². The van der Waals surface area contributed by atoms with E-state index in [1.165, 1.54) is 11.1 Å². The van der Waals surface area contributed by atoms with E-state index in [1.54, 1.807) is 7.11 Å². The van der Waals surface area contributed by atoms with Crippen molar-refractivity contribution in [1.29, 1.82) is 0 Å². The monoisotopic (exact) mass is 279 g/mol. The molecule has 0 amide bonds. The summed E-state index contributed by atoms with van der Waals surface area (Å²) in [6.45, 7) is 2.65. The number of nitrogens with two attached hydrogens (primary N) is 1. The van der Waals surface area contributed by atoms with Crippen molar-refractivity contribution in [3.63, 3.8) is 0 Å². The van der Waals surface area contributed by atoms with Crippen LogP contribution in [-0.2, 0) is 15.9 Å². The van der Waals surface area contributed by atoms with Gasteiger partial charge in [-0.15, -0.1) is 0 Å². The molecule has 1 aliphatic carbocycles. The van der Waals surface area contributed by atoms with E-state index in [1.807, 2.05) is 12.1 Å². The zero-order valence-electron chi connectivity index (χ0n) is 12.3. The quantitative estimate of drug-likeness (QED) is 0.743. The van der Waals surface area contributed by atoms with Gasteiger partial charge >= 0.3 is 0 Å². The van der Waals surface area contributed by atoms with Gasteiger partial charge in [-0.2, -0.15) is 0 Å². The molecule has 4 nitrogen and oxygen atoms in total. The van der Waals surface area contributed by atoms with Gasteiger partial charge < -0.3 is 19.9 Å². The Bertz CT molecular complexity index is 409. The molecule has 0 saturated carbocycles. The summed E-state index contributed by atoms with van der Waals surface area (Å²) in [5.74, 6) is 0.971. The Morgan fingerprint density at radius 3 is 2.95 bits per heavy atom. The van der Waals surface area contributed by atoms with E-state index in [2.05, 4.69) is 6.07 Å². The summed E-state index contributed by atoms with van der Waals surface area (Å²) < 4.78 is 16.3. The summed E-state index contributed by atoms with van der Waals surface area (Å²) >= 11 is 0. The van der Waals surface area contributed by atoms with E-state index in [-0.39, 0.29) is 6.04 Å². The molecular weight excluding hydrogens is 254 g/mol. The van der Waals surface area contributed by atoms with Crippen molar-refractivity contribution >= 4 is 0 Å². The minimum Gasteiger partial charge on any atom is -0.491 e. The van der Waals surface area contributed by atoms with Gasteiger partial charge in [-0.1, -0.05) is 12.1 Å². The van der Waals surface area contributed by atoms with Crippen LogP contribution in [0.1, 0.15) is 36.4 Å². The Labute approximate surface area is 121 Å². The second-order valence-electron chi connectivity index (χ2n) is 5.13. The lowest BCUT2D eigenvalue weighted by Crippen LogP contribution is -2.18. The second-order valence-corrected chi connectivity index (χ2v) is 5.13. The molecule has 2 N–H and O–H groups in total. The standard InChI is InChI=1S/C16H25NO3/c1-18-9-4-10-19-11-12-20-16-8-3-5-13-14(16)6-2-7-15(13)17/h3,5,8,15H,2,4,6-7,9-12,17H2,1H3. The highest BCUT2D eigenvalue weighted by Gasteiger charge is 2.19. The van der Waals surface area contributed by atoms with Crippen LogP contribution in [0.25, 0.3) is 0 Å². The lowest BCUT2D eigenvalue weighted by atomic mass is 9.88. The normalized spacial score (nSPS) is 17.8. The Hall–Kier alpha value is -1.10. The Kier molecular flexibility index (Phi) is 6.30. The molecule has 0 aliphatic heterocycles. The third kappa shape index (κ3) is 4.20. The summed E-state index contributed by atoms with van der Waals surface area (Å²) in [5.41, 5.74) is 8.67. The van der Waals surface area contributed by atoms with Crippen LogP contribution in [0, 0.1) is 0 Å². The van der Waals surface area contributed by atoms with Gasteiger partial charge in [0.25, 0.3) is 0 Å². The molecule has 1 atom stereocenters. The number of fused-ring (bicyclic) bond motifs is 1. The number of rotatable bonds is 8. The fourth-order valence-electron chi connectivity index (χ4n) is 2.60. The zero-order valence-corrected chi connectivity index (χ0v) is 12.3. The molecule has 0 aromatic heterocycles. The van der Waals surface area contributed by atoms with Crippen molar-refractivity contribution in [2.24, 2.45) is 5.73 Å². The van der Waals surface area contributed by atoms with Crippen molar-refractivity contribution in [2.45, 2.75) is 31.7 Å². The minimum atomic E-state index is 0.160. The second kappa shape index (κ2) is 8.25. The highest BCUT2D eigenvalue weighted by molar-refractivity contribution is 5.43. The molecule has 20 heavy (non-hydrogen) atoms. The molecule has 1 aliphatic rings. The third-order valence-corrected chi connectivity index (χ3v) is 3.63. The lowest BCUT2D eigenvalue weighted by Gasteiger charge is -2.24. The predicted molar refractivity (Wildman–Crippen MR) is 79.1 cm³/mol. The number of hydrogen-bond acceptors (Lipinski definition) is 4. The molecule has 1 unspecified atom stereocenters. The van der Waals surface area contributed by atoms with Gasteiger partial charge in [0.1, 0.15) is 12.4 Å². The molecule has 2 rings (SSSR count). The van der Waals surface area contributed by atoms with Crippen LogP contribution in [0.2, 0.25) is 0 Å². The molecule has 0 saturated heterocycles. The van der Waals surface area contributed by atoms with Crippen LogP contribution in [0.4, 0.5) is 0 Å². The number of benzene rings is 1. The van der Waals surface area contributed by atoms with Gasteiger partial charge in [0.2, 0.25) is 0 Å². The van der Waals surface area contributed by atoms with Crippen LogP contribution in [0.3, 0.4) is 0 Å². The maximum absolute atomic E-state index is 6.15. The minimum absolute atomic E-state index is 0.160. The van der Waals surface area contributed by atoms with Gasteiger partial charge in [0.15, 0.2) is 0 Å². The van der Waals surface area contributed by atoms with Crippen LogP contribution in [0.15, 0.2) is 18.2 Å². The number of methoxy groups -OCH3 is 1. The first kappa shape index (κ1) is 15.3. The fraction of sp³-hybridized carbons (Fsp3) is 0.625.